The number of imidazole rings is 1. The van der Waals surface area contributed by atoms with Crippen molar-refractivity contribution in [2.45, 2.75) is 6.92 Å². The molecule has 2 heterocycles. The summed E-state index contributed by atoms with van der Waals surface area (Å²) in [5, 5.41) is 2.74. The van der Waals surface area contributed by atoms with Gasteiger partial charge in [0, 0.05) is 23.5 Å². The Bertz CT molecular complexity index is 909. The molecule has 5 heteroatoms. The lowest BCUT2D eigenvalue weighted by Gasteiger charge is -2.03. The summed E-state index contributed by atoms with van der Waals surface area (Å²) in [4.78, 5) is 27.6. The number of nitrogens with one attached hydrogen (secondary N) is 1. The number of carbonyl (C=O) groups is 2. The lowest BCUT2D eigenvalue weighted by molar-refractivity contribution is -0.111. The predicted octanol–water partition coefficient (Wildman–Crippen LogP) is 3.19. The first-order chi connectivity index (χ1) is 11.1. The fourth-order valence-electron chi connectivity index (χ4n) is 2.24. The lowest BCUT2D eigenvalue weighted by Crippen LogP contribution is -2.08. The zero-order valence-corrected chi connectivity index (χ0v) is 12.6. The zero-order valence-electron chi connectivity index (χ0n) is 12.6. The molecule has 3 aromatic rings. The average molecular weight is 305 g/mol. The van der Waals surface area contributed by atoms with E-state index in [1.165, 1.54) is 13.0 Å². The molecule has 0 fully saturated rings. The Labute approximate surface area is 133 Å². The lowest BCUT2D eigenvalue weighted by atomic mass is 10.1. The topological polar surface area (TPSA) is 63.5 Å². The summed E-state index contributed by atoms with van der Waals surface area (Å²) in [5.41, 5.74) is 2.79. The molecule has 0 aliphatic carbocycles. The van der Waals surface area contributed by atoms with Gasteiger partial charge in [-0.05, 0) is 37.3 Å². The third-order valence-corrected chi connectivity index (χ3v) is 3.39. The van der Waals surface area contributed by atoms with Crippen LogP contribution in [0.3, 0.4) is 0 Å². The van der Waals surface area contributed by atoms with Crippen LogP contribution in [0.5, 0.6) is 0 Å². The van der Waals surface area contributed by atoms with Crippen LogP contribution >= 0.6 is 0 Å². The Balaban J connectivity index is 1.74. The molecule has 0 bridgehead atoms. The van der Waals surface area contributed by atoms with Gasteiger partial charge in [-0.1, -0.05) is 18.2 Å². The molecule has 0 aliphatic heterocycles. The Kier molecular flexibility index (Phi) is 4.01. The summed E-state index contributed by atoms with van der Waals surface area (Å²) < 4.78 is 1.89. The van der Waals surface area contributed by atoms with Crippen molar-refractivity contribution < 1.29 is 9.59 Å². The van der Waals surface area contributed by atoms with E-state index in [-0.39, 0.29) is 11.7 Å². The number of Topliss-reactive ketones (excluding diaryl/α,β-unsaturated/α-hetero) is 1. The number of carbonyl (C=O) groups excluding carboxylic acids is 2. The number of anilines is 1. The third kappa shape index (κ3) is 3.35. The molecule has 1 amide bonds. The Morgan fingerprint density at radius 2 is 2.04 bits per heavy atom. The second-order valence-corrected chi connectivity index (χ2v) is 5.07. The number of aromatic nitrogens is 2. The third-order valence-electron chi connectivity index (χ3n) is 3.39. The minimum absolute atomic E-state index is 0.0395. The quantitative estimate of drug-likeness (QED) is 0.595. The second kappa shape index (κ2) is 6.27. The highest BCUT2D eigenvalue weighted by Gasteiger charge is 2.03. The van der Waals surface area contributed by atoms with Gasteiger partial charge in [0.1, 0.15) is 5.65 Å². The molecule has 0 saturated heterocycles. The van der Waals surface area contributed by atoms with E-state index < -0.39 is 0 Å². The van der Waals surface area contributed by atoms with Gasteiger partial charge < -0.3 is 9.72 Å². The Morgan fingerprint density at radius 1 is 1.17 bits per heavy atom. The minimum Gasteiger partial charge on any atom is -0.322 e. The number of hydrogen-bond acceptors (Lipinski definition) is 3. The number of amides is 1. The average Bonchev–Trinajstić information content (AvgIpc) is 2.96. The van der Waals surface area contributed by atoms with Crippen molar-refractivity contribution in [2.24, 2.45) is 0 Å². The number of pyridine rings is 1. The van der Waals surface area contributed by atoms with Crippen molar-refractivity contribution in [3.63, 3.8) is 0 Å². The van der Waals surface area contributed by atoms with Crippen LogP contribution in [0.1, 0.15) is 23.0 Å². The number of rotatable bonds is 4. The van der Waals surface area contributed by atoms with E-state index >= 15 is 0 Å². The van der Waals surface area contributed by atoms with Gasteiger partial charge in [-0.2, -0.15) is 0 Å². The molecule has 0 aliphatic rings. The minimum atomic E-state index is -0.267. The van der Waals surface area contributed by atoms with E-state index in [1.807, 2.05) is 28.8 Å². The van der Waals surface area contributed by atoms with Crippen LogP contribution in [0, 0.1) is 0 Å². The highest BCUT2D eigenvalue weighted by molar-refractivity contribution is 6.03. The van der Waals surface area contributed by atoms with Crippen molar-refractivity contribution >= 4 is 29.1 Å². The van der Waals surface area contributed by atoms with Crippen LogP contribution in [-0.2, 0) is 4.79 Å². The van der Waals surface area contributed by atoms with Gasteiger partial charge in [-0.25, -0.2) is 4.98 Å². The molecule has 0 atom stereocenters. The van der Waals surface area contributed by atoms with E-state index in [2.05, 4.69) is 10.3 Å². The van der Waals surface area contributed by atoms with Crippen molar-refractivity contribution in [3.05, 3.63) is 72.2 Å². The van der Waals surface area contributed by atoms with E-state index in [0.717, 1.165) is 11.3 Å². The van der Waals surface area contributed by atoms with Crippen LogP contribution in [-0.4, -0.2) is 21.1 Å². The summed E-state index contributed by atoms with van der Waals surface area (Å²) in [6, 6.07) is 12.6. The highest BCUT2D eigenvalue weighted by Crippen LogP contribution is 2.12. The molecule has 1 aromatic carbocycles. The first kappa shape index (κ1) is 14.7. The second-order valence-electron chi connectivity index (χ2n) is 5.07. The van der Waals surface area contributed by atoms with Crippen LogP contribution < -0.4 is 5.32 Å². The molecule has 114 valence electrons. The maximum atomic E-state index is 12.0. The van der Waals surface area contributed by atoms with Gasteiger partial charge in [0.25, 0.3) is 0 Å². The summed E-state index contributed by atoms with van der Waals surface area (Å²) in [6.07, 6.45) is 6.73. The van der Waals surface area contributed by atoms with Gasteiger partial charge in [-0.15, -0.1) is 0 Å². The fraction of sp³-hybridized carbons (Fsp3) is 0.0556. The molecular formula is C18H15N3O2. The van der Waals surface area contributed by atoms with E-state index in [4.69, 9.17) is 0 Å². The first-order valence-electron chi connectivity index (χ1n) is 7.15. The predicted molar refractivity (Wildman–Crippen MR) is 89.3 cm³/mol. The van der Waals surface area contributed by atoms with Crippen LogP contribution in [0.25, 0.3) is 11.7 Å². The zero-order chi connectivity index (χ0) is 16.2. The Morgan fingerprint density at radius 3 is 2.87 bits per heavy atom. The molecule has 0 unspecified atom stereocenters. The van der Waals surface area contributed by atoms with Crippen molar-refractivity contribution in [2.75, 3.05) is 5.32 Å². The van der Waals surface area contributed by atoms with E-state index in [1.54, 1.807) is 36.5 Å². The number of hydrogen-bond donors (Lipinski definition) is 1. The maximum absolute atomic E-state index is 12.0. The molecule has 1 N–H and O–H groups in total. The summed E-state index contributed by atoms with van der Waals surface area (Å²) in [7, 11) is 0. The molecule has 0 spiro atoms. The van der Waals surface area contributed by atoms with Crippen LogP contribution in [0.4, 0.5) is 5.69 Å². The highest BCUT2D eigenvalue weighted by atomic mass is 16.1. The molecular weight excluding hydrogens is 290 g/mol. The van der Waals surface area contributed by atoms with E-state index in [9.17, 15) is 9.59 Å². The largest absolute Gasteiger partial charge is 0.322 e. The number of fused-ring (bicyclic) bond motifs is 1. The molecule has 5 nitrogen and oxygen atoms in total. The molecule has 2 aromatic heterocycles. The summed E-state index contributed by atoms with van der Waals surface area (Å²) in [5.74, 6) is -0.307. The van der Waals surface area contributed by atoms with Crippen molar-refractivity contribution in [3.8, 4) is 0 Å². The van der Waals surface area contributed by atoms with Gasteiger partial charge in [0.05, 0.1) is 11.9 Å². The van der Waals surface area contributed by atoms with Crippen molar-refractivity contribution in [1.82, 2.24) is 9.38 Å². The van der Waals surface area contributed by atoms with E-state index in [0.29, 0.717) is 11.3 Å². The first-order valence-corrected chi connectivity index (χ1v) is 7.15. The van der Waals surface area contributed by atoms with Gasteiger partial charge >= 0.3 is 0 Å². The summed E-state index contributed by atoms with van der Waals surface area (Å²) >= 11 is 0. The molecule has 0 saturated carbocycles. The SMILES string of the molecule is CC(=O)c1cccc(NC(=O)/C=C/c2cnc3ccccn23)c1. The van der Waals surface area contributed by atoms with Crippen LogP contribution in [0.15, 0.2) is 60.9 Å². The fourth-order valence-corrected chi connectivity index (χ4v) is 2.24. The summed E-state index contributed by atoms with van der Waals surface area (Å²) in [6.45, 7) is 1.49. The van der Waals surface area contributed by atoms with Gasteiger partial charge in [0.15, 0.2) is 5.78 Å². The number of benzene rings is 1. The standard InChI is InChI=1S/C18H15N3O2/c1-13(22)14-5-4-6-15(11-14)20-18(23)9-8-16-12-19-17-7-2-3-10-21(16)17/h2-12H,1H3,(H,20,23)/b9-8+. The number of nitrogens with zero attached hydrogens (tertiary/aromatic N) is 2. The monoisotopic (exact) mass is 305 g/mol. The number of ketones is 1. The Hall–Kier alpha value is -3.21. The molecule has 3 rings (SSSR count). The van der Waals surface area contributed by atoms with Crippen LogP contribution in [0.2, 0.25) is 0 Å². The smallest absolute Gasteiger partial charge is 0.248 e. The van der Waals surface area contributed by atoms with Gasteiger partial charge in [-0.3, -0.25) is 9.59 Å². The molecule has 23 heavy (non-hydrogen) atoms. The molecule has 0 radical (unpaired) electrons. The van der Waals surface area contributed by atoms with Gasteiger partial charge in [0.2, 0.25) is 5.91 Å². The maximum Gasteiger partial charge on any atom is 0.248 e. The normalized spacial score (nSPS) is 11.0. The van der Waals surface area contributed by atoms with Crippen molar-refractivity contribution in [1.29, 1.82) is 0 Å².